The number of hydrogen-bond acceptors (Lipinski definition) is 3. The van der Waals surface area contributed by atoms with Crippen LogP contribution in [0.15, 0.2) is 54.0 Å². The molecule has 0 saturated carbocycles. The molecule has 0 amide bonds. The van der Waals surface area contributed by atoms with Crippen molar-refractivity contribution in [2.45, 2.75) is 12.8 Å². The third-order valence-electron chi connectivity index (χ3n) is 3.40. The molecule has 2 aromatic rings. The lowest BCUT2D eigenvalue weighted by molar-refractivity contribution is -0.0277. The Balaban J connectivity index is 2.12. The van der Waals surface area contributed by atoms with E-state index in [9.17, 15) is 4.39 Å². The number of benzene rings is 2. The molecule has 116 valence electrons. The number of nitrogens with zero attached hydrogens (tertiary/aromatic N) is 3. The molecule has 3 rings (SSSR count). The Labute approximate surface area is 136 Å². The lowest BCUT2D eigenvalue weighted by Crippen LogP contribution is -2.06. The molecule has 5 nitrogen and oxygen atoms in total. The summed E-state index contributed by atoms with van der Waals surface area (Å²) in [4.78, 5) is 2.73. The van der Waals surface area contributed by atoms with E-state index in [1.54, 1.807) is 24.3 Å². The normalized spacial score (nSPS) is 13.3. The van der Waals surface area contributed by atoms with Crippen molar-refractivity contribution < 1.29 is 13.9 Å². The Kier molecular flexibility index (Phi) is 4.37. The molecule has 7 heteroatoms. The third-order valence-corrected chi connectivity index (χ3v) is 3.73. The number of ether oxygens (including phenoxy) is 2. The molecule has 0 bridgehead atoms. The van der Waals surface area contributed by atoms with Crippen molar-refractivity contribution in [3.8, 4) is 11.1 Å². The first-order valence-electron chi connectivity index (χ1n) is 6.74. The molecule has 2 aromatic carbocycles. The maximum Gasteiger partial charge on any atom is 0.269 e. The maximum absolute atomic E-state index is 14.6. The second kappa shape index (κ2) is 6.60. The first-order valence-corrected chi connectivity index (χ1v) is 7.12. The van der Waals surface area contributed by atoms with E-state index in [1.165, 1.54) is 18.6 Å². The Morgan fingerprint density at radius 2 is 1.96 bits per heavy atom. The molecule has 0 N–H and O–H groups in total. The molecular formula is C16H11ClFN3O2. The number of hydrogen-bond donors (Lipinski definition) is 0. The molecule has 0 aromatic heterocycles. The fraction of sp³-hybridized carbons (Fsp3) is 0.125. The van der Waals surface area contributed by atoms with Crippen LogP contribution in [0.5, 0.6) is 0 Å². The van der Waals surface area contributed by atoms with Crippen molar-refractivity contribution in [1.82, 2.24) is 0 Å². The van der Waals surface area contributed by atoms with Gasteiger partial charge in [0.1, 0.15) is 18.3 Å². The molecule has 0 radical (unpaired) electrons. The van der Waals surface area contributed by atoms with Crippen LogP contribution in [0.3, 0.4) is 0 Å². The minimum atomic E-state index is -0.890. The van der Waals surface area contributed by atoms with Gasteiger partial charge in [-0.05, 0) is 28.8 Å². The minimum Gasteiger partial charge on any atom is -0.455 e. The predicted octanol–water partition coefficient (Wildman–Crippen LogP) is 5.47. The summed E-state index contributed by atoms with van der Waals surface area (Å²) in [5.74, 6) is -0.515. The molecule has 1 heterocycles. The molecule has 0 saturated heterocycles. The second-order valence-corrected chi connectivity index (χ2v) is 5.18. The van der Waals surface area contributed by atoms with E-state index in [0.717, 1.165) is 0 Å². The van der Waals surface area contributed by atoms with Gasteiger partial charge in [-0.15, -0.1) is 0 Å². The summed E-state index contributed by atoms with van der Waals surface area (Å²) in [6, 6.07) is 10.2. The Hall–Kier alpha value is -2.69. The topological polar surface area (TPSA) is 67.2 Å². The van der Waals surface area contributed by atoms with E-state index < -0.39 is 12.1 Å². The smallest absolute Gasteiger partial charge is 0.269 e. The molecule has 0 fully saturated rings. The number of halogens is 2. The van der Waals surface area contributed by atoms with Gasteiger partial charge in [0.15, 0.2) is 0 Å². The van der Waals surface area contributed by atoms with Gasteiger partial charge in [0.05, 0.1) is 12.1 Å². The van der Waals surface area contributed by atoms with Crippen LogP contribution in [0.2, 0.25) is 5.02 Å². The van der Waals surface area contributed by atoms with E-state index in [4.69, 9.17) is 26.6 Å². The summed E-state index contributed by atoms with van der Waals surface area (Å²) in [6.45, 7) is -0.0235. The summed E-state index contributed by atoms with van der Waals surface area (Å²) in [7, 11) is 0. The molecule has 1 aliphatic heterocycles. The van der Waals surface area contributed by atoms with Crippen molar-refractivity contribution >= 4 is 11.6 Å². The van der Waals surface area contributed by atoms with Gasteiger partial charge in [-0.2, -0.15) is 0 Å². The SMILES string of the molecule is [N-]=[N+]=NCc1cc(-c2ccccc2Cl)cc(F)c1C1OC=CO1. The average molecular weight is 332 g/mol. The summed E-state index contributed by atoms with van der Waals surface area (Å²) in [5.41, 5.74) is 10.5. The van der Waals surface area contributed by atoms with Crippen LogP contribution in [0.25, 0.3) is 21.6 Å². The number of azide groups is 1. The Morgan fingerprint density at radius 1 is 1.22 bits per heavy atom. The first-order chi connectivity index (χ1) is 11.2. The highest BCUT2D eigenvalue weighted by atomic mass is 35.5. The quantitative estimate of drug-likeness (QED) is 0.423. The van der Waals surface area contributed by atoms with Crippen LogP contribution >= 0.6 is 11.6 Å². The third kappa shape index (κ3) is 3.08. The second-order valence-electron chi connectivity index (χ2n) is 4.78. The maximum atomic E-state index is 14.6. The highest BCUT2D eigenvalue weighted by molar-refractivity contribution is 6.33. The van der Waals surface area contributed by atoms with E-state index in [2.05, 4.69) is 10.0 Å². The Morgan fingerprint density at radius 3 is 2.65 bits per heavy atom. The van der Waals surface area contributed by atoms with Gasteiger partial charge in [0.25, 0.3) is 6.29 Å². The molecule has 1 aliphatic rings. The van der Waals surface area contributed by atoms with Crippen LogP contribution in [0.1, 0.15) is 17.4 Å². The van der Waals surface area contributed by atoms with Crippen LogP contribution in [-0.2, 0) is 16.0 Å². The van der Waals surface area contributed by atoms with Crippen molar-refractivity contribution in [3.63, 3.8) is 0 Å². The monoisotopic (exact) mass is 331 g/mol. The molecular weight excluding hydrogens is 321 g/mol. The van der Waals surface area contributed by atoms with Crippen molar-refractivity contribution in [2.24, 2.45) is 5.11 Å². The zero-order valence-electron chi connectivity index (χ0n) is 11.8. The largest absolute Gasteiger partial charge is 0.455 e. The van der Waals surface area contributed by atoms with Gasteiger partial charge in [-0.3, -0.25) is 0 Å². The van der Waals surface area contributed by atoms with Crippen LogP contribution in [0.4, 0.5) is 4.39 Å². The fourth-order valence-corrected chi connectivity index (χ4v) is 2.65. The van der Waals surface area contributed by atoms with Gasteiger partial charge in [-0.25, -0.2) is 4.39 Å². The summed E-state index contributed by atoms with van der Waals surface area (Å²) >= 11 is 6.17. The molecule has 0 atom stereocenters. The lowest BCUT2D eigenvalue weighted by atomic mass is 9.98. The number of rotatable bonds is 4. The van der Waals surface area contributed by atoms with Crippen LogP contribution < -0.4 is 0 Å². The van der Waals surface area contributed by atoms with Crippen molar-refractivity contribution in [2.75, 3.05) is 0 Å². The molecule has 0 aliphatic carbocycles. The zero-order chi connectivity index (χ0) is 16.2. The summed E-state index contributed by atoms with van der Waals surface area (Å²) in [6.07, 6.45) is 1.78. The summed E-state index contributed by atoms with van der Waals surface area (Å²) < 4.78 is 25.1. The lowest BCUT2D eigenvalue weighted by Gasteiger charge is -2.17. The van der Waals surface area contributed by atoms with Gasteiger partial charge in [0.2, 0.25) is 0 Å². The fourth-order valence-electron chi connectivity index (χ4n) is 2.40. The average Bonchev–Trinajstić information content (AvgIpc) is 3.06. The van der Waals surface area contributed by atoms with Crippen molar-refractivity contribution in [3.05, 3.63) is 81.3 Å². The Bertz CT molecular complexity index is 811. The van der Waals surface area contributed by atoms with Crippen molar-refractivity contribution in [1.29, 1.82) is 0 Å². The molecule has 23 heavy (non-hydrogen) atoms. The van der Waals surface area contributed by atoms with E-state index in [0.29, 0.717) is 21.7 Å². The minimum absolute atomic E-state index is 0.0235. The van der Waals surface area contributed by atoms with Crippen LogP contribution in [0, 0.1) is 5.82 Å². The standard InChI is InChI=1S/C16H11ClFN3O2/c17-13-4-2-1-3-12(13)10-7-11(9-20-21-19)15(14(18)8-10)16-22-5-6-23-16/h1-8,16H,9H2. The highest BCUT2D eigenvalue weighted by Crippen LogP contribution is 2.35. The van der Waals surface area contributed by atoms with E-state index in [1.807, 2.05) is 6.07 Å². The van der Waals surface area contributed by atoms with Gasteiger partial charge < -0.3 is 9.47 Å². The summed E-state index contributed by atoms with van der Waals surface area (Å²) in [5, 5.41) is 4.03. The zero-order valence-corrected chi connectivity index (χ0v) is 12.6. The van der Waals surface area contributed by atoms with Gasteiger partial charge in [0, 0.05) is 15.5 Å². The van der Waals surface area contributed by atoms with E-state index >= 15 is 0 Å². The van der Waals surface area contributed by atoms with Gasteiger partial charge >= 0.3 is 0 Å². The van der Waals surface area contributed by atoms with Gasteiger partial charge in [-0.1, -0.05) is 41.0 Å². The molecule has 0 unspecified atom stereocenters. The first kappa shape index (κ1) is 15.2. The van der Waals surface area contributed by atoms with Crippen LogP contribution in [-0.4, -0.2) is 0 Å². The molecule has 0 spiro atoms. The van der Waals surface area contributed by atoms with E-state index in [-0.39, 0.29) is 12.1 Å². The highest BCUT2D eigenvalue weighted by Gasteiger charge is 2.24. The predicted molar refractivity (Wildman–Crippen MR) is 83.7 cm³/mol.